The van der Waals surface area contributed by atoms with Gasteiger partial charge in [-0.1, -0.05) is 23.2 Å². The molecule has 0 aliphatic carbocycles. The SMILES string of the molecule is Cl.Cl.Cl.Nc1ncc(-c2cnn(C3CCNCC3)c2)cc1-c1cc2c(Cl)ccc(Cl)c2cn1. The molecule has 0 spiro atoms. The molecule has 5 rings (SSSR count). The fourth-order valence-corrected chi connectivity index (χ4v) is 4.35. The molecule has 33 heavy (non-hydrogen) atoms. The molecule has 1 saturated heterocycles. The highest BCUT2D eigenvalue weighted by Gasteiger charge is 2.17. The van der Waals surface area contributed by atoms with E-state index in [-0.39, 0.29) is 37.2 Å². The lowest BCUT2D eigenvalue weighted by Gasteiger charge is -2.22. The first kappa shape index (κ1) is 27.4. The number of nitrogens with two attached hydrogens (primary N) is 1. The number of aromatic nitrogens is 4. The average Bonchev–Trinajstić information content (AvgIpc) is 3.27. The number of halogens is 5. The summed E-state index contributed by atoms with van der Waals surface area (Å²) in [5.74, 6) is 0.412. The predicted molar refractivity (Wildman–Crippen MR) is 144 cm³/mol. The van der Waals surface area contributed by atoms with Gasteiger partial charge in [-0.2, -0.15) is 5.10 Å². The number of nitrogen functional groups attached to an aromatic ring is 1. The second kappa shape index (κ2) is 11.6. The van der Waals surface area contributed by atoms with Gasteiger partial charge in [0.05, 0.1) is 23.0 Å². The van der Waals surface area contributed by atoms with Gasteiger partial charge in [-0.25, -0.2) is 4.98 Å². The molecule has 0 atom stereocenters. The van der Waals surface area contributed by atoms with E-state index in [0.29, 0.717) is 27.6 Å². The number of nitrogens with zero attached hydrogens (tertiary/aromatic N) is 4. The third-order valence-electron chi connectivity index (χ3n) is 5.61. The highest BCUT2D eigenvalue weighted by molar-refractivity contribution is 6.40. The Bertz CT molecular complexity index is 1240. The van der Waals surface area contributed by atoms with Crippen molar-refractivity contribution in [3.63, 3.8) is 0 Å². The van der Waals surface area contributed by atoms with Crippen LogP contribution in [0.2, 0.25) is 10.0 Å². The Morgan fingerprint density at radius 2 is 1.58 bits per heavy atom. The molecule has 0 bridgehead atoms. The maximum absolute atomic E-state index is 6.38. The number of piperidine rings is 1. The Labute approximate surface area is 220 Å². The fourth-order valence-electron chi connectivity index (χ4n) is 3.91. The predicted octanol–water partition coefficient (Wildman–Crippen LogP) is 6.24. The van der Waals surface area contributed by atoms with Crippen LogP contribution in [-0.2, 0) is 0 Å². The van der Waals surface area contributed by atoms with E-state index in [0.717, 1.165) is 53.4 Å². The minimum absolute atomic E-state index is 0. The van der Waals surface area contributed by atoms with Crippen molar-refractivity contribution in [1.82, 2.24) is 25.1 Å². The molecule has 6 nitrogen and oxygen atoms in total. The molecule has 0 radical (unpaired) electrons. The summed E-state index contributed by atoms with van der Waals surface area (Å²) in [6.45, 7) is 2.04. The molecule has 11 heteroatoms. The minimum atomic E-state index is 0. The van der Waals surface area contributed by atoms with E-state index >= 15 is 0 Å². The zero-order valence-electron chi connectivity index (χ0n) is 17.4. The van der Waals surface area contributed by atoms with Crippen molar-refractivity contribution in [3.8, 4) is 22.4 Å². The molecular weight excluding hydrogens is 526 g/mol. The van der Waals surface area contributed by atoms with Gasteiger partial charge in [-0.3, -0.25) is 9.67 Å². The Hall–Kier alpha value is -1.80. The summed E-state index contributed by atoms with van der Waals surface area (Å²) in [4.78, 5) is 8.97. The summed E-state index contributed by atoms with van der Waals surface area (Å²) in [6, 6.07) is 7.88. The van der Waals surface area contributed by atoms with E-state index in [4.69, 9.17) is 28.9 Å². The zero-order valence-corrected chi connectivity index (χ0v) is 21.3. The number of hydrogen-bond acceptors (Lipinski definition) is 5. The lowest BCUT2D eigenvalue weighted by molar-refractivity contribution is 0.343. The second-order valence-corrected chi connectivity index (χ2v) is 8.31. The number of rotatable bonds is 3. The maximum atomic E-state index is 6.38. The fraction of sp³-hybridized carbons (Fsp3) is 0.227. The molecule has 1 fully saturated rings. The molecular formula is C22H23Cl5N6. The lowest BCUT2D eigenvalue weighted by Crippen LogP contribution is -2.29. The topological polar surface area (TPSA) is 81.6 Å². The van der Waals surface area contributed by atoms with Crippen LogP contribution in [0.15, 0.2) is 49.1 Å². The number of pyridine rings is 2. The van der Waals surface area contributed by atoms with Crippen LogP contribution in [0, 0.1) is 0 Å². The van der Waals surface area contributed by atoms with Gasteiger partial charge >= 0.3 is 0 Å². The summed E-state index contributed by atoms with van der Waals surface area (Å²) >= 11 is 12.7. The summed E-state index contributed by atoms with van der Waals surface area (Å²) in [5, 5.41) is 10.8. The van der Waals surface area contributed by atoms with Crippen LogP contribution in [0.25, 0.3) is 33.2 Å². The van der Waals surface area contributed by atoms with E-state index in [1.165, 1.54) is 0 Å². The molecule has 3 N–H and O–H groups in total. The molecule has 1 aromatic carbocycles. The first-order chi connectivity index (χ1) is 14.6. The third-order valence-corrected chi connectivity index (χ3v) is 6.27. The monoisotopic (exact) mass is 546 g/mol. The molecule has 3 aromatic heterocycles. The van der Waals surface area contributed by atoms with Gasteiger partial charge in [-0.05, 0) is 50.2 Å². The summed E-state index contributed by atoms with van der Waals surface area (Å²) in [6.07, 6.45) is 9.61. The van der Waals surface area contributed by atoms with Gasteiger partial charge in [0.25, 0.3) is 0 Å². The summed E-state index contributed by atoms with van der Waals surface area (Å²) in [5.41, 5.74) is 9.59. The average molecular weight is 549 g/mol. The van der Waals surface area contributed by atoms with Crippen molar-refractivity contribution < 1.29 is 0 Å². The van der Waals surface area contributed by atoms with E-state index in [1.54, 1.807) is 24.5 Å². The molecule has 4 heterocycles. The second-order valence-electron chi connectivity index (χ2n) is 7.49. The van der Waals surface area contributed by atoms with Crippen molar-refractivity contribution in [2.24, 2.45) is 0 Å². The highest BCUT2D eigenvalue weighted by Crippen LogP contribution is 2.34. The number of nitrogens with one attached hydrogen (secondary N) is 1. The van der Waals surface area contributed by atoms with Crippen LogP contribution in [0.3, 0.4) is 0 Å². The Morgan fingerprint density at radius 3 is 2.30 bits per heavy atom. The van der Waals surface area contributed by atoms with Crippen LogP contribution < -0.4 is 11.1 Å². The van der Waals surface area contributed by atoms with Crippen molar-refractivity contribution in [1.29, 1.82) is 0 Å². The van der Waals surface area contributed by atoms with Gasteiger partial charge in [0.2, 0.25) is 0 Å². The maximum Gasteiger partial charge on any atom is 0.132 e. The van der Waals surface area contributed by atoms with Gasteiger partial charge in [0, 0.05) is 51.1 Å². The Balaban J connectivity index is 0.00000128. The first-order valence-electron chi connectivity index (χ1n) is 9.85. The molecule has 1 aliphatic heterocycles. The largest absolute Gasteiger partial charge is 0.383 e. The molecule has 0 unspecified atom stereocenters. The Kier molecular flexibility index (Phi) is 9.61. The van der Waals surface area contributed by atoms with Crippen LogP contribution in [0.5, 0.6) is 0 Å². The van der Waals surface area contributed by atoms with Crippen molar-refractivity contribution >= 4 is 77.0 Å². The van der Waals surface area contributed by atoms with E-state index in [1.807, 2.05) is 18.3 Å². The van der Waals surface area contributed by atoms with Crippen LogP contribution >= 0.6 is 60.4 Å². The molecule has 1 aliphatic rings. The van der Waals surface area contributed by atoms with E-state index in [2.05, 4.69) is 31.3 Å². The smallest absolute Gasteiger partial charge is 0.132 e. The van der Waals surface area contributed by atoms with Gasteiger partial charge in [0.15, 0.2) is 0 Å². The highest BCUT2D eigenvalue weighted by atomic mass is 35.5. The van der Waals surface area contributed by atoms with E-state index in [9.17, 15) is 0 Å². The summed E-state index contributed by atoms with van der Waals surface area (Å²) < 4.78 is 2.06. The number of anilines is 1. The van der Waals surface area contributed by atoms with Crippen LogP contribution in [0.4, 0.5) is 5.82 Å². The number of fused-ring (bicyclic) bond motifs is 1. The van der Waals surface area contributed by atoms with Crippen molar-refractivity contribution in [2.75, 3.05) is 18.8 Å². The third kappa shape index (κ3) is 5.48. The zero-order chi connectivity index (χ0) is 20.7. The molecule has 4 aromatic rings. The molecule has 0 saturated carbocycles. The Morgan fingerprint density at radius 1 is 0.879 bits per heavy atom. The van der Waals surface area contributed by atoms with Crippen molar-refractivity contribution in [3.05, 3.63) is 59.1 Å². The number of hydrogen-bond donors (Lipinski definition) is 2. The van der Waals surface area contributed by atoms with Gasteiger partial charge < -0.3 is 11.1 Å². The normalized spacial score (nSPS) is 13.6. The standard InChI is InChI=1S/C22H20Cl2N6.3ClH/c23-19-1-2-20(24)18-11-27-21(8-16(18)19)17-7-13(9-28-22(17)25)14-10-29-30(12-14)15-3-5-26-6-4-15;;;/h1-2,7-12,15,26H,3-6H2,(H2,25,28);3*1H. The van der Waals surface area contributed by atoms with Crippen molar-refractivity contribution in [2.45, 2.75) is 18.9 Å². The quantitative estimate of drug-likeness (QED) is 0.317. The summed E-state index contributed by atoms with van der Waals surface area (Å²) in [7, 11) is 0. The van der Waals surface area contributed by atoms with Crippen LogP contribution in [0.1, 0.15) is 18.9 Å². The first-order valence-corrected chi connectivity index (χ1v) is 10.6. The van der Waals surface area contributed by atoms with Gasteiger partial charge in [0.1, 0.15) is 5.82 Å². The lowest BCUT2D eigenvalue weighted by atomic mass is 10.0. The molecule has 176 valence electrons. The minimum Gasteiger partial charge on any atom is -0.383 e. The number of benzene rings is 1. The van der Waals surface area contributed by atoms with E-state index < -0.39 is 0 Å². The van der Waals surface area contributed by atoms with Crippen LogP contribution in [-0.4, -0.2) is 32.8 Å². The molecule has 0 amide bonds. The van der Waals surface area contributed by atoms with Gasteiger partial charge in [-0.15, -0.1) is 37.2 Å².